The average molecular weight is 406 g/mol. The first-order chi connectivity index (χ1) is 13.4. The maximum atomic E-state index is 12.9. The average Bonchev–Trinajstić information content (AvgIpc) is 3.21. The molecule has 3 rings (SSSR count). The molecule has 0 saturated carbocycles. The Morgan fingerprint density at radius 2 is 1.93 bits per heavy atom. The van der Waals surface area contributed by atoms with E-state index in [4.69, 9.17) is 4.42 Å². The van der Waals surface area contributed by atoms with Gasteiger partial charge in [-0.3, -0.25) is 4.79 Å². The lowest BCUT2D eigenvalue weighted by atomic mass is 10.1. The van der Waals surface area contributed by atoms with Gasteiger partial charge in [0.25, 0.3) is 5.91 Å². The smallest absolute Gasteiger partial charge is 0.271 e. The van der Waals surface area contributed by atoms with Crippen molar-refractivity contribution in [3.05, 3.63) is 54.0 Å². The van der Waals surface area contributed by atoms with Crippen molar-refractivity contribution in [2.45, 2.75) is 23.8 Å². The maximum absolute atomic E-state index is 12.9. The van der Waals surface area contributed by atoms with Crippen molar-refractivity contribution in [2.24, 2.45) is 5.10 Å². The zero-order valence-electron chi connectivity index (χ0n) is 16.0. The van der Waals surface area contributed by atoms with Crippen LogP contribution in [-0.4, -0.2) is 58.1 Å². The number of sulfonamides is 1. The molecule has 0 spiro atoms. The van der Waals surface area contributed by atoms with E-state index >= 15 is 0 Å². The minimum Gasteiger partial charge on any atom is -0.463 e. The van der Waals surface area contributed by atoms with Crippen LogP contribution >= 0.6 is 0 Å². The summed E-state index contributed by atoms with van der Waals surface area (Å²) in [6.07, 6.45) is 4.58. The number of furan rings is 1. The number of likely N-dealkylation sites (tertiary alicyclic amines) is 1. The summed E-state index contributed by atoms with van der Waals surface area (Å²) in [5.74, 6) is 0.0821. The Balaban J connectivity index is 1.64. The normalized spacial score (nSPS) is 20.5. The first-order valence-electron chi connectivity index (χ1n) is 9.14. The number of nitrogens with one attached hydrogen (secondary N) is 2. The number of benzene rings is 1. The molecule has 1 aromatic heterocycles. The zero-order chi connectivity index (χ0) is 20.1. The summed E-state index contributed by atoms with van der Waals surface area (Å²) in [5.41, 5.74) is 2.70. The number of hydrogen-bond acceptors (Lipinski definition) is 5. The van der Waals surface area contributed by atoms with E-state index in [0.29, 0.717) is 11.3 Å². The second kappa shape index (κ2) is 8.68. The quantitative estimate of drug-likeness (QED) is 0.535. The predicted octanol–water partition coefficient (Wildman–Crippen LogP) is 0.341. The molecule has 2 heterocycles. The molecule has 0 radical (unpaired) electrons. The fourth-order valence-electron chi connectivity index (χ4n) is 3.18. The van der Waals surface area contributed by atoms with Gasteiger partial charge in [0.1, 0.15) is 5.76 Å². The van der Waals surface area contributed by atoms with Gasteiger partial charge < -0.3 is 9.32 Å². The van der Waals surface area contributed by atoms with Gasteiger partial charge in [-0.2, -0.15) is 9.41 Å². The first-order valence-corrected chi connectivity index (χ1v) is 10.6. The number of quaternary nitrogens is 1. The third-order valence-electron chi connectivity index (χ3n) is 5.02. The number of hydrazone groups is 1. The summed E-state index contributed by atoms with van der Waals surface area (Å²) in [6.45, 7) is 1.92. The molecular weight excluding hydrogens is 380 g/mol. The number of amides is 1. The van der Waals surface area contributed by atoms with Crippen LogP contribution in [0, 0.1) is 0 Å². The van der Waals surface area contributed by atoms with Crippen molar-refractivity contribution < 1.29 is 22.5 Å². The van der Waals surface area contributed by atoms with Crippen LogP contribution in [0.2, 0.25) is 0 Å². The van der Waals surface area contributed by atoms with Gasteiger partial charge in [-0.05, 0) is 36.4 Å². The first kappa shape index (κ1) is 20.2. The molecule has 1 aromatic carbocycles. The van der Waals surface area contributed by atoms with Crippen LogP contribution in [0.25, 0.3) is 0 Å². The highest BCUT2D eigenvalue weighted by Crippen LogP contribution is 2.20. The van der Waals surface area contributed by atoms with Gasteiger partial charge >= 0.3 is 0 Å². The fourth-order valence-corrected chi connectivity index (χ4v) is 4.60. The molecule has 2 aromatic rings. The van der Waals surface area contributed by atoms with E-state index in [-0.39, 0.29) is 10.9 Å². The molecule has 0 bridgehead atoms. The van der Waals surface area contributed by atoms with E-state index in [1.807, 2.05) is 0 Å². The van der Waals surface area contributed by atoms with Crippen LogP contribution in [0.3, 0.4) is 0 Å². The minimum absolute atomic E-state index is 0.00705. The lowest BCUT2D eigenvalue weighted by Crippen LogP contribution is -3.10. The van der Waals surface area contributed by atoms with Crippen LogP contribution in [0.1, 0.15) is 29.0 Å². The standard InChI is InChI=1S/C19H24N4O4S/c1-22-11-9-16(10-12-22)23(2)28(25,26)18-7-5-15(6-8-18)19(24)21-20-14-17-4-3-13-27-17/h3-8,13-14,16H,9-12H2,1-2H3,(H,21,24)/p+1/b20-14-. The van der Waals surface area contributed by atoms with Gasteiger partial charge in [-0.1, -0.05) is 0 Å². The fraction of sp³-hybridized carbons (Fsp3) is 0.368. The molecule has 150 valence electrons. The van der Waals surface area contributed by atoms with Crippen molar-refractivity contribution in [2.75, 3.05) is 27.2 Å². The van der Waals surface area contributed by atoms with Gasteiger partial charge in [-0.15, -0.1) is 0 Å². The number of piperidine rings is 1. The van der Waals surface area contributed by atoms with Crippen molar-refractivity contribution in [3.63, 3.8) is 0 Å². The van der Waals surface area contributed by atoms with Gasteiger partial charge in [0, 0.05) is 31.5 Å². The molecule has 9 heteroatoms. The summed E-state index contributed by atoms with van der Waals surface area (Å²) in [4.78, 5) is 13.7. The number of hydrogen-bond donors (Lipinski definition) is 2. The SMILES string of the molecule is CN(C1CC[NH+](C)CC1)S(=O)(=O)c1ccc(C(=O)N/N=C\c2ccco2)cc1. The summed E-state index contributed by atoms with van der Waals surface area (Å²) in [5, 5.41) is 3.81. The monoisotopic (exact) mass is 405 g/mol. The molecule has 1 saturated heterocycles. The Labute approximate surface area is 164 Å². The molecule has 1 aliphatic rings. The molecule has 1 fully saturated rings. The number of carbonyl (C=O) groups is 1. The summed E-state index contributed by atoms with van der Waals surface area (Å²) >= 11 is 0. The number of nitrogens with zero attached hydrogens (tertiary/aromatic N) is 2. The Hall–Kier alpha value is -2.49. The van der Waals surface area contributed by atoms with Gasteiger partial charge in [-0.25, -0.2) is 13.8 Å². The second-order valence-corrected chi connectivity index (χ2v) is 8.95. The van der Waals surface area contributed by atoms with Gasteiger partial charge in [0.15, 0.2) is 0 Å². The molecule has 0 atom stereocenters. The Bertz CT molecular complexity index is 915. The van der Waals surface area contributed by atoms with Gasteiger partial charge in [0.2, 0.25) is 10.0 Å². The highest BCUT2D eigenvalue weighted by Gasteiger charge is 2.31. The molecule has 0 unspecified atom stereocenters. The third kappa shape index (κ3) is 4.67. The molecule has 0 aliphatic carbocycles. The van der Waals surface area contributed by atoms with Crippen molar-refractivity contribution in [1.82, 2.24) is 9.73 Å². The van der Waals surface area contributed by atoms with Gasteiger partial charge in [0.05, 0.1) is 37.5 Å². The Kier molecular flexibility index (Phi) is 6.28. The number of rotatable bonds is 6. The molecule has 1 amide bonds. The second-order valence-electron chi connectivity index (χ2n) is 6.95. The van der Waals surface area contributed by atoms with E-state index in [2.05, 4.69) is 17.6 Å². The summed E-state index contributed by atoms with van der Waals surface area (Å²) in [6, 6.07) is 9.31. The van der Waals surface area contributed by atoms with Crippen LogP contribution < -0.4 is 10.3 Å². The summed E-state index contributed by atoms with van der Waals surface area (Å²) in [7, 11) is 0.153. The topological polar surface area (TPSA) is 96.4 Å². The van der Waals surface area contributed by atoms with Crippen LogP contribution in [0.4, 0.5) is 0 Å². The molecule has 1 aliphatic heterocycles. The van der Waals surface area contributed by atoms with Crippen LogP contribution in [-0.2, 0) is 10.0 Å². The van der Waals surface area contributed by atoms with Crippen molar-refractivity contribution in [3.8, 4) is 0 Å². The number of carbonyl (C=O) groups excluding carboxylic acids is 1. The van der Waals surface area contributed by atoms with E-state index < -0.39 is 15.9 Å². The summed E-state index contributed by atoms with van der Waals surface area (Å²) < 4.78 is 32.3. The lowest BCUT2D eigenvalue weighted by Gasteiger charge is -2.32. The molecular formula is C19H25N4O4S+. The van der Waals surface area contributed by atoms with Crippen molar-refractivity contribution >= 4 is 22.1 Å². The lowest BCUT2D eigenvalue weighted by molar-refractivity contribution is -0.885. The van der Waals surface area contributed by atoms with E-state index in [0.717, 1.165) is 25.9 Å². The van der Waals surface area contributed by atoms with Crippen LogP contribution in [0.5, 0.6) is 0 Å². The minimum atomic E-state index is -3.59. The van der Waals surface area contributed by atoms with Crippen molar-refractivity contribution in [1.29, 1.82) is 0 Å². The Morgan fingerprint density at radius 3 is 2.54 bits per heavy atom. The molecule has 28 heavy (non-hydrogen) atoms. The Morgan fingerprint density at radius 1 is 1.25 bits per heavy atom. The third-order valence-corrected chi connectivity index (χ3v) is 6.94. The maximum Gasteiger partial charge on any atom is 0.271 e. The van der Waals surface area contributed by atoms with Crippen LogP contribution in [0.15, 0.2) is 57.1 Å². The highest BCUT2D eigenvalue weighted by atomic mass is 32.2. The molecule has 8 nitrogen and oxygen atoms in total. The molecule has 2 N–H and O–H groups in total. The zero-order valence-corrected chi connectivity index (χ0v) is 16.8. The van der Waals surface area contributed by atoms with E-state index in [9.17, 15) is 13.2 Å². The van der Waals surface area contributed by atoms with E-state index in [1.54, 1.807) is 19.2 Å². The van der Waals surface area contributed by atoms with E-state index in [1.165, 1.54) is 45.9 Å². The highest BCUT2D eigenvalue weighted by molar-refractivity contribution is 7.89. The predicted molar refractivity (Wildman–Crippen MR) is 105 cm³/mol. The largest absolute Gasteiger partial charge is 0.463 e.